The van der Waals surface area contributed by atoms with Crippen molar-refractivity contribution in [3.8, 4) is 5.69 Å². The SMILES string of the molecule is Cc1c(C(=O)N2CC[C@H](CN)C2)nnn1-c1ccc2ncccc2c1. The third-order valence-electron chi connectivity index (χ3n) is 4.83. The first kappa shape index (κ1) is 15.7. The molecule has 1 aliphatic rings. The highest BCUT2D eigenvalue weighted by molar-refractivity contribution is 5.93. The fourth-order valence-corrected chi connectivity index (χ4v) is 3.33. The van der Waals surface area contributed by atoms with Crippen molar-refractivity contribution in [2.75, 3.05) is 19.6 Å². The Kier molecular flexibility index (Phi) is 3.93. The largest absolute Gasteiger partial charge is 0.337 e. The highest BCUT2D eigenvalue weighted by Gasteiger charge is 2.29. The Balaban J connectivity index is 1.65. The van der Waals surface area contributed by atoms with Crippen LogP contribution in [-0.4, -0.2) is 50.4 Å². The molecule has 1 saturated heterocycles. The molecule has 2 aromatic heterocycles. The molecular formula is C18H20N6O. The van der Waals surface area contributed by atoms with Crippen molar-refractivity contribution in [3.05, 3.63) is 47.9 Å². The van der Waals surface area contributed by atoms with Gasteiger partial charge in [-0.25, -0.2) is 4.68 Å². The molecule has 0 unspecified atom stereocenters. The number of benzene rings is 1. The third kappa shape index (κ3) is 2.76. The quantitative estimate of drug-likeness (QED) is 0.783. The van der Waals surface area contributed by atoms with E-state index in [1.165, 1.54) is 0 Å². The van der Waals surface area contributed by atoms with Crippen molar-refractivity contribution in [2.45, 2.75) is 13.3 Å². The summed E-state index contributed by atoms with van der Waals surface area (Å²) in [4.78, 5) is 18.9. The molecule has 7 heteroatoms. The van der Waals surface area contributed by atoms with Gasteiger partial charge in [-0.3, -0.25) is 9.78 Å². The van der Waals surface area contributed by atoms with Crippen molar-refractivity contribution < 1.29 is 4.79 Å². The Labute approximate surface area is 145 Å². The predicted octanol–water partition coefficient (Wildman–Crippen LogP) is 1.54. The molecular weight excluding hydrogens is 316 g/mol. The summed E-state index contributed by atoms with van der Waals surface area (Å²) >= 11 is 0. The second-order valence-electron chi connectivity index (χ2n) is 6.46. The van der Waals surface area contributed by atoms with E-state index >= 15 is 0 Å². The molecule has 3 aromatic rings. The summed E-state index contributed by atoms with van der Waals surface area (Å²) < 4.78 is 1.70. The molecule has 1 atom stereocenters. The van der Waals surface area contributed by atoms with E-state index in [1.54, 1.807) is 10.9 Å². The van der Waals surface area contributed by atoms with Crippen LogP contribution in [0.3, 0.4) is 0 Å². The number of hydrogen-bond donors (Lipinski definition) is 1. The van der Waals surface area contributed by atoms with Crippen LogP contribution in [0.5, 0.6) is 0 Å². The molecule has 3 heterocycles. The fraction of sp³-hybridized carbons (Fsp3) is 0.333. The zero-order valence-corrected chi connectivity index (χ0v) is 14.1. The van der Waals surface area contributed by atoms with E-state index in [1.807, 2.05) is 42.2 Å². The summed E-state index contributed by atoms with van der Waals surface area (Å²) in [6.07, 6.45) is 2.72. The normalized spacial score (nSPS) is 17.4. The maximum Gasteiger partial charge on any atom is 0.276 e. The third-order valence-corrected chi connectivity index (χ3v) is 4.83. The molecule has 4 rings (SSSR count). The van der Waals surface area contributed by atoms with Gasteiger partial charge < -0.3 is 10.6 Å². The number of amides is 1. The van der Waals surface area contributed by atoms with Crippen LogP contribution in [-0.2, 0) is 0 Å². The minimum Gasteiger partial charge on any atom is -0.337 e. The van der Waals surface area contributed by atoms with Gasteiger partial charge in [0.15, 0.2) is 5.69 Å². The maximum atomic E-state index is 12.7. The van der Waals surface area contributed by atoms with Crippen molar-refractivity contribution in [1.82, 2.24) is 24.9 Å². The van der Waals surface area contributed by atoms with E-state index in [0.717, 1.165) is 35.2 Å². The summed E-state index contributed by atoms with van der Waals surface area (Å²) in [7, 11) is 0. The zero-order valence-electron chi connectivity index (χ0n) is 14.1. The maximum absolute atomic E-state index is 12.7. The smallest absolute Gasteiger partial charge is 0.276 e. The van der Waals surface area contributed by atoms with Gasteiger partial charge in [-0.1, -0.05) is 11.3 Å². The van der Waals surface area contributed by atoms with Crippen LogP contribution in [0, 0.1) is 12.8 Å². The van der Waals surface area contributed by atoms with E-state index in [9.17, 15) is 4.79 Å². The molecule has 0 spiro atoms. The molecule has 1 fully saturated rings. The monoisotopic (exact) mass is 336 g/mol. The van der Waals surface area contributed by atoms with Crippen molar-refractivity contribution in [2.24, 2.45) is 11.7 Å². The van der Waals surface area contributed by atoms with Crippen molar-refractivity contribution >= 4 is 16.8 Å². The van der Waals surface area contributed by atoms with Crippen LogP contribution in [0.15, 0.2) is 36.5 Å². The Morgan fingerprint density at radius 3 is 3.04 bits per heavy atom. The highest BCUT2D eigenvalue weighted by atomic mass is 16.2. The zero-order chi connectivity index (χ0) is 17.4. The Morgan fingerprint density at radius 1 is 1.36 bits per heavy atom. The predicted molar refractivity (Wildman–Crippen MR) is 94.5 cm³/mol. The Hall–Kier alpha value is -2.80. The van der Waals surface area contributed by atoms with Gasteiger partial charge in [-0.2, -0.15) is 0 Å². The second-order valence-corrected chi connectivity index (χ2v) is 6.46. The average molecular weight is 336 g/mol. The van der Waals surface area contributed by atoms with Crippen LogP contribution in [0.4, 0.5) is 0 Å². The van der Waals surface area contributed by atoms with Gasteiger partial charge in [0.25, 0.3) is 5.91 Å². The molecule has 0 aliphatic carbocycles. The number of likely N-dealkylation sites (tertiary alicyclic amines) is 1. The molecule has 25 heavy (non-hydrogen) atoms. The molecule has 0 bridgehead atoms. The molecule has 1 aromatic carbocycles. The topological polar surface area (TPSA) is 89.9 Å². The van der Waals surface area contributed by atoms with E-state index in [0.29, 0.717) is 24.7 Å². The van der Waals surface area contributed by atoms with Crippen LogP contribution in [0.25, 0.3) is 16.6 Å². The molecule has 1 amide bonds. The number of hydrogen-bond acceptors (Lipinski definition) is 5. The van der Waals surface area contributed by atoms with Gasteiger partial charge in [-0.05, 0) is 50.1 Å². The second kappa shape index (κ2) is 6.25. The lowest BCUT2D eigenvalue weighted by Gasteiger charge is -2.15. The minimum atomic E-state index is -0.0674. The summed E-state index contributed by atoms with van der Waals surface area (Å²) in [6.45, 7) is 3.91. The first-order valence-corrected chi connectivity index (χ1v) is 8.44. The average Bonchev–Trinajstić information content (AvgIpc) is 3.27. The molecule has 128 valence electrons. The van der Waals surface area contributed by atoms with E-state index in [4.69, 9.17) is 5.73 Å². The first-order valence-electron chi connectivity index (χ1n) is 8.44. The van der Waals surface area contributed by atoms with Gasteiger partial charge in [0.05, 0.1) is 16.9 Å². The number of carbonyl (C=O) groups excluding carboxylic acids is 1. The molecule has 1 aliphatic heterocycles. The fourth-order valence-electron chi connectivity index (χ4n) is 3.33. The lowest BCUT2D eigenvalue weighted by atomic mass is 10.1. The van der Waals surface area contributed by atoms with E-state index in [-0.39, 0.29) is 5.91 Å². The van der Waals surface area contributed by atoms with E-state index in [2.05, 4.69) is 15.3 Å². The summed E-state index contributed by atoms with van der Waals surface area (Å²) in [6, 6.07) is 9.78. The molecule has 0 saturated carbocycles. The molecule has 0 radical (unpaired) electrons. The highest BCUT2D eigenvalue weighted by Crippen LogP contribution is 2.21. The Morgan fingerprint density at radius 2 is 2.24 bits per heavy atom. The number of fused-ring (bicyclic) bond motifs is 1. The van der Waals surface area contributed by atoms with Crippen molar-refractivity contribution in [1.29, 1.82) is 0 Å². The van der Waals surface area contributed by atoms with Crippen LogP contribution in [0.1, 0.15) is 22.6 Å². The number of nitrogens with zero attached hydrogens (tertiary/aromatic N) is 5. The van der Waals surface area contributed by atoms with Crippen LogP contribution >= 0.6 is 0 Å². The van der Waals surface area contributed by atoms with Crippen LogP contribution < -0.4 is 5.73 Å². The van der Waals surface area contributed by atoms with Gasteiger partial charge >= 0.3 is 0 Å². The Bertz CT molecular complexity index is 934. The van der Waals surface area contributed by atoms with E-state index < -0.39 is 0 Å². The first-order chi connectivity index (χ1) is 12.2. The molecule has 7 nitrogen and oxygen atoms in total. The number of nitrogens with two attached hydrogens (primary N) is 1. The summed E-state index contributed by atoms with van der Waals surface area (Å²) in [5.74, 6) is 0.314. The van der Waals surface area contributed by atoms with Gasteiger partial charge in [0.1, 0.15) is 0 Å². The standard InChI is InChI=1S/C18H20N6O/c1-12-17(18(25)23-8-6-13(10-19)11-23)21-22-24(12)15-4-5-16-14(9-15)3-2-7-20-16/h2-5,7,9,13H,6,8,10-11,19H2,1H3/t13-/m1/s1. The number of rotatable bonds is 3. The lowest BCUT2D eigenvalue weighted by molar-refractivity contribution is 0.0781. The lowest BCUT2D eigenvalue weighted by Crippen LogP contribution is -2.30. The number of aromatic nitrogens is 4. The van der Waals surface area contributed by atoms with Gasteiger partial charge in [-0.15, -0.1) is 5.10 Å². The van der Waals surface area contributed by atoms with Gasteiger partial charge in [0, 0.05) is 24.7 Å². The summed E-state index contributed by atoms with van der Waals surface area (Å²) in [5.41, 5.74) is 8.65. The minimum absolute atomic E-state index is 0.0674. The number of carbonyl (C=O) groups is 1. The van der Waals surface area contributed by atoms with Gasteiger partial charge in [0.2, 0.25) is 0 Å². The van der Waals surface area contributed by atoms with Crippen molar-refractivity contribution in [3.63, 3.8) is 0 Å². The number of pyridine rings is 1. The van der Waals surface area contributed by atoms with Crippen LogP contribution in [0.2, 0.25) is 0 Å². The summed E-state index contributed by atoms with van der Waals surface area (Å²) in [5, 5.41) is 9.36. The molecule has 2 N–H and O–H groups in total.